The maximum atomic E-state index is 4.64. The Morgan fingerprint density at radius 1 is 1.07 bits per heavy atom. The van der Waals surface area contributed by atoms with Crippen molar-refractivity contribution in [3.05, 3.63) is 0 Å². The second kappa shape index (κ2) is 4.96. The zero-order valence-electron chi connectivity index (χ0n) is 11.0. The Hall–Kier alpha value is -0.313. The average Bonchev–Trinajstić information content (AvgIpc) is 1.78. The maximum absolute atomic E-state index is 4.64. The highest BCUT2D eigenvalue weighted by molar-refractivity contribution is 6.75. The van der Waals surface area contributed by atoms with E-state index in [1.165, 1.54) is 5.84 Å². The van der Waals surface area contributed by atoms with Crippen molar-refractivity contribution < 1.29 is 0 Å². The van der Waals surface area contributed by atoms with Gasteiger partial charge in [0.05, 0.1) is 5.84 Å². The molecule has 0 aliphatic heterocycles. The predicted molar refractivity (Wildman–Crippen MR) is 68.6 cm³/mol. The second-order valence-corrected chi connectivity index (χ2v) is 10.2. The summed E-state index contributed by atoms with van der Waals surface area (Å²) in [6.45, 7) is 18.0. The lowest BCUT2D eigenvalue weighted by Crippen LogP contribution is -2.52. The molecule has 0 saturated carbocycles. The molecular weight excluding hydrogens is 188 g/mol. The van der Waals surface area contributed by atoms with Gasteiger partial charge in [0.1, 0.15) is 8.24 Å². The van der Waals surface area contributed by atoms with Crippen molar-refractivity contribution >= 4 is 14.1 Å². The quantitative estimate of drug-likeness (QED) is 0.399. The minimum atomic E-state index is -1.28. The fourth-order valence-corrected chi connectivity index (χ4v) is 4.65. The summed E-state index contributed by atoms with van der Waals surface area (Å²) in [7, 11) is -1.28. The molecule has 0 aromatic rings. The van der Waals surface area contributed by atoms with E-state index in [0.29, 0.717) is 12.1 Å². The van der Waals surface area contributed by atoms with E-state index in [2.05, 4.69) is 63.8 Å². The van der Waals surface area contributed by atoms with Gasteiger partial charge in [0.2, 0.25) is 0 Å². The van der Waals surface area contributed by atoms with E-state index in [9.17, 15) is 0 Å². The van der Waals surface area contributed by atoms with E-state index in [4.69, 9.17) is 0 Å². The summed E-state index contributed by atoms with van der Waals surface area (Å²) in [5, 5.41) is 0. The van der Waals surface area contributed by atoms with Crippen LogP contribution in [0.5, 0.6) is 0 Å². The standard InChI is InChI=1S/C11H26N2Si/c1-9(2)12-11(5)13(10(3)4)14(6,7)8/h9-10H,1-8H3. The van der Waals surface area contributed by atoms with E-state index in [1.807, 2.05) is 0 Å². The summed E-state index contributed by atoms with van der Waals surface area (Å²) < 4.78 is 2.51. The highest BCUT2D eigenvalue weighted by Crippen LogP contribution is 2.15. The number of hydrogen-bond donors (Lipinski definition) is 0. The first kappa shape index (κ1) is 13.7. The first-order valence-corrected chi connectivity index (χ1v) is 8.94. The number of aliphatic imine (C=N–C) groups is 1. The van der Waals surface area contributed by atoms with Crippen molar-refractivity contribution in [2.75, 3.05) is 0 Å². The minimum absolute atomic E-state index is 0.396. The highest BCUT2D eigenvalue weighted by atomic mass is 28.3. The van der Waals surface area contributed by atoms with Crippen molar-refractivity contribution in [1.82, 2.24) is 4.57 Å². The lowest BCUT2D eigenvalue weighted by Gasteiger charge is -2.39. The molecule has 0 aromatic heterocycles. The van der Waals surface area contributed by atoms with E-state index in [-0.39, 0.29) is 0 Å². The van der Waals surface area contributed by atoms with Crippen LogP contribution in [0.25, 0.3) is 0 Å². The van der Waals surface area contributed by atoms with Crippen molar-refractivity contribution in [3.63, 3.8) is 0 Å². The lowest BCUT2D eigenvalue weighted by molar-refractivity contribution is 0.497. The number of rotatable bonds is 3. The highest BCUT2D eigenvalue weighted by Gasteiger charge is 2.27. The normalized spacial score (nSPS) is 14.0. The summed E-state index contributed by atoms with van der Waals surface area (Å²) in [6.07, 6.45) is 0. The summed E-state index contributed by atoms with van der Waals surface area (Å²) in [5.41, 5.74) is 0. The molecule has 0 rings (SSSR count). The zero-order valence-corrected chi connectivity index (χ0v) is 12.0. The van der Waals surface area contributed by atoms with E-state index < -0.39 is 8.24 Å². The SMILES string of the molecule is CC(=NC(C)C)N(C(C)C)[Si](C)(C)C. The molecule has 0 aliphatic rings. The monoisotopic (exact) mass is 214 g/mol. The van der Waals surface area contributed by atoms with Crippen molar-refractivity contribution in [1.29, 1.82) is 0 Å². The first-order valence-electron chi connectivity index (χ1n) is 5.50. The smallest absolute Gasteiger partial charge is 0.149 e. The molecule has 0 radical (unpaired) electrons. The van der Waals surface area contributed by atoms with Crippen LogP contribution in [0, 0.1) is 0 Å². The minimum Gasteiger partial charge on any atom is -0.385 e. The van der Waals surface area contributed by atoms with Crippen LogP contribution >= 0.6 is 0 Å². The molecule has 0 bridgehead atoms. The third kappa shape index (κ3) is 4.27. The molecule has 0 N–H and O–H groups in total. The van der Waals surface area contributed by atoms with Crippen LogP contribution in [0.4, 0.5) is 0 Å². The Bertz CT molecular complexity index is 202. The third-order valence-electron chi connectivity index (χ3n) is 2.03. The van der Waals surface area contributed by atoms with Gasteiger partial charge in [0, 0.05) is 12.1 Å². The predicted octanol–water partition coefficient (Wildman–Crippen LogP) is 3.36. The molecule has 0 saturated heterocycles. The summed E-state index contributed by atoms with van der Waals surface area (Å²) in [6, 6.07) is 0.955. The second-order valence-electron chi connectivity index (χ2n) is 5.40. The van der Waals surface area contributed by atoms with Crippen molar-refractivity contribution in [2.24, 2.45) is 4.99 Å². The van der Waals surface area contributed by atoms with Crippen LogP contribution in [0.15, 0.2) is 4.99 Å². The summed E-state index contributed by atoms with van der Waals surface area (Å²) in [5.74, 6) is 1.20. The van der Waals surface area contributed by atoms with Crippen molar-refractivity contribution in [2.45, 2.75) is 66.3 Å². The third-order valence-corrected chi connectivity index (χ3v) is 4.32. The topological polar surface area (TPSA) is 15.6 Å². The fourth-order valence-electron chi connectivity index (χ4n) is 2.07. The summed E-state index contributed by atoms with van der Waals surface area (Å²) >= 11 is 0. The molecule has 0 aliphatic carbocycles. The van der Waals surface area contributed by atoms with Crippen LogP contribution in [-0.4, -0.2) is 30.7 Å². The van der Waals surface area contributed by atoms with Gasteiger partial charge in [-0.2, -0.15) is 0 Å². The average molecular weight is 214 g/mol. The largest absolute Gasteiger partial charge is 0.385 e. The molecule has 0 spiro atoms. The summed E-state index contributed by atoms with van der Waals surface area (Å²) in [4.78, 5) is 4.64. The lowest BCUT2D eigenvalue weighted by atomic mass is 10.4. The Morgan fingerprint density at radius 2 is 1.50 bits per heavy atom. The van der Waals surface area contributed by atoms with Gasteiger partial charge >= 0.3 is 0 Å². The van der Waals surface area contributed by atoms with Gasteiger partial charge in [-0.3, -0.25) is 4.99 Å². The van der Waals surface area contributed by atoms with Crippen LogP contribution in [-0.2, 0) is 0 Å². The Balaban J connectivity index is 4.85. The Labute approximate surface area is 90.5 Å². The van der Waals surface area contributed by atoms with Crippen LogP contribution in [0.2, 0.25) is 19.6 Å². The van der Waals surface area contributed by atoms with E-state index >= 15 is 0 Å². The van der Waals surface area contributed by atoms with Crippen LogP contribution in [0.3, 0.4) is 0 Å². The van der Waals surface area contributed by atoms with E-state index in [0.717, 1.165) is 0 Å². The van der Waals surface area contributed by atoms with E-state index in [1.54, 1.807) is 0 Å². The number of amidine groups is 1. The molecular formula is C11H26N2Si. The van der Waals surface area contributed by atoms with Gasteiger partial charge in [-0.15, -0.1) is 0 Å². The molecule has 0 aromatic carbocycles. The molecule has 14 heavy (non-hydrogen) atoms. The van der Waals surface area contributed by atoms with Gasteiger partial charge in [-0.05, 0) is 34.6 Å². The van der Waals surface area contributed by atoms with Gasteiger partial charge < -0.3 is 4.57 Å². The number of hydrogen-bond acceptors (Lipinski definition) is 1. The van der Waals surface area contributed by atoms with Crippen LogP contribution < -0.4 is 0 Å². The van der Waals surface area contributed by atoms with Gasteiger partial charge in [-0.25, -0.2) is 0 Å². The van der Waals surface area contributed by atoms with Crippen molar-refractivity contribution in [3.8, 4) is 0 Å². The molecule has 0 amide bonds. The molecule has 3 heteroatoms. The molecule has 0 heterocycles. The fraction of sp³-hybridized carbons (Fsp3) is 0.909. The Morgan fingerprint density at radius 3 is 1.71 bits per heavy atom. The zero-order chi connectivity index (χ0) is 11.5. The van der Waals surface area contributed by atoms with Gasteiger partial charge in [0.25, 0.3) is 0 Å². The first-order chi connectivity index (χ1) is 6.16. The molecule has 84 valence electrons. The number of nitrogens with zero attached hydrogens (tertiary/aromatic N) is 2. The molecule has 0 fully saturated rings. The molecule has 0 atom stereocenters. The Kier molecular flexibility index (Phi) is 4.85. The molecule has 0 unspecified atom stereocenters. The maximum Gasteiger partial charge on any atom is 0.149 e. The van der Waals surface area contributed by atoms with Gasteiger partial charge in [0.15, 0.2) is 0 Å². The molecule has 2 nitrogen and oxygen atoms in total. The van der Waals surface area contributed by atoms with Crippen LogP contribution in [0.1, 0.15) is 34.6 Å². The van der Waals surface area contributed by atoms with Gasteiger partial charge in [-0.1, -0.05) is 19.6 Å².